The third-order valence-corrected chi connectivity index (χ3v) is 2.72. The molecule has 5 heteroatoms. The lowest BCUT2D eigenvalue weighted by molar-refractivity contribution is 0.602. The van der Waals surface area contributed by atoms with E-state index in [0.717, 1.165) is 24.2 Å². The Kier molecular flexibility index (Phi) is 3.98. The zero-order valence-electron chi connectivity index (χ0n) is 9.73. The van der Waals surface area contributed by atoms with E-state index >= 15 is 0 Å². The Morgan fingerprint density at radius 2 is 2.29 bits per heavy atom. The van der Waals surface area contributed by atoms with Crippen molar-refractivity contribution >= 4 is 17.3 Å². The number of pyridine rings is 1. The predicted molar refractivity (Wildman–Crippen MR) is 69.1 cm³/mol. The largest absolute Gasteiger partial charge is 0.378 e. The molecule has 0 saturated carbocycles. The molecule has 0 unspecified atom stereocenters. The number of nitrogens with one attached hydrogen (secondary N) is 1. The van der Waals surface area contributed by atoms with Gasteiger partial charge in [0.05, 0.1) is 23.1 Å². The van der Waals surface area contributed by atoms with Gasteiger partial charge in [0.15, 0.2) is 0 Å². The molecular weight excluding hydrogens is 236 g/mol. The normalized spacial score (nSPS) is 10.5. The number of halogens is 1. The third kappa shape index (κ3) is 3.20. The molecule has 1 N–H and O–H groups in total. The fraction of sp³-hybridized carbons (Fsp3) is 0.333. The Balaban J connectivity index is 1.95. The minimum Gasteiger partial charge on any atom is -0.378 e. The lowest BCUT2D eigenvalue weighted by Gasteiger charge is -2.05. The maximum Gasteiger partial charge on any atom is 0.0718 e. The second kappa shape index (κ2) is 5.68. The van der Waals surface area contributed by atoms with Gasteiger partial charge in [-0.05, 0) is 12.5 Å². The summed E-state index contributed by atoms with van der Waals surface area (Å²) in [5.74, 6) is 0. The highest BCUT2D eigenvalue weighted by Gasteiger charge is 2.01. The summed E-state index contributed by atoms with van der Waals surface area (Å²) in [6.07, 6.45) is 8.39. The summed E-state index contributed by atoms with van der Waals surface area (Å²) < 4.78 is 1.95. The van der Waals surface area contributed by atoms with Crippen LogP contribution in [0.1, 0.15) is 18.9 Å². The number of hydrogen-bond acceptors (Lipinski definition) is 3. The standard InChI is InChI=1S/C12H15ClN4/c1-2-5-17-9-10(7-16-17)6-15-12-8-14-4-3-11(12)13/h3-4,7-9,15H,2,5-6H2,1H3. The van der Waals surface area contributed by atoms with Gasteiger partial charge in [0.1, 0.15) is 0 Å². The summed E-state index contributed by atoms with van der Waals surface area (Å²) in [7, 11) is 0. The Hall–Kier alpha value is -1.55. The first-order chi connectivity index (χ1) is 8.29. The van der Waals surface area contributed by atoms with Crippen LogP contribution >= 0.6 is 11.6 Å². The molecule has 0 aliphatic rings. The van der Waals surface area contributed by atoms with Crippen LogP contribution in [0.5, 0.6) is 0 Å². The fourth-order valence-electron chi connectivity index (χ4n) is 1.55. The Morgan fingerprint density at radius 1 is 1.41 bits per heavy atom. The zero-order valence-corrected chi connectivity index (χ0v) is 10.5. The molecule has 0 aromatic carbocycles. The first-order valence-electron chi connectivity index (χ1n) is 5.64. The molecule has 17 heavy (non-hydrogen) atoms. The highest BCUT2D eigenvalue weighted by Crippen LogP contribution is 2.19. The van der Waals surface area contributed by atoms with Crippen LogP contribution in [0, 0.1) is 0 Å². The van der Waals surface area contributed by atoms with Crippen molar-refractivity contribution in [1.82, 2.24) is 14.8 Å². The molecule has 0 aliphatic heterocycles. The van der Waals surface area contributed by atoms with Crippen LogP contribution in [0.2, 0.25) is 5.02 Å². The van der Waals surface area contributed by atoms with E-state index in [9.17, 15) is 0 Å². The predicted octanol–water partition coefficient (Wildman–Crippen LogP) is 2.95. The van der Waals surface area contributed by atoms with E-state index in [1.54, 1.807) is 18.5 Å². The molecule has 0 bridgehead atoms. The summed E-state index contributed by atoms with van der Waals surface area (Å²) in [5.41, 5.74) is 1.98. The molecule has 2 aromatic rings. The van der Waals surface area contributed by atoms with Crippen LogP contribution < -0.4 is 5.32 Å². The van der Waals surface area contributed by atoms with Crippen molar-refractivity contribution < 1.29 is 0 Å². The molecule has 0 saturated heterocycles. The number of hydrogen-bond donors (Lipinski definition) is 1. The van der Waals surface area contributed by atoms with E-state index in [1.807, 2.05) is 17.1 Å². The second-order valence-corrected chi connectivity index (χ2v) is 4.23. The molecule has 0 aliphatic carbocycles. The van der Waals surface area contributed by atoms with Crippen molar-refractivity contribution in [3.8, 4) is 0 Å². The molecule has 2 heterocycles. The van der Waals surface area contributed by atoms with Crippen molar-refractivity contribution in [3.63, 3.8) is 0 Å². The van der Waals surface area contributed by atoms with Gasteiger partial charge in [0.25, 0.3) is 0 Å². The van der Waals surface area contributed by atoms with Gasteiger partial charge in [-0.15, -0.1) is 0 Å². The topological polar surface area (TPSA) is 42.7 Å². The molecule has 90 valence electrons. The summed E-state index contributed by atoms with van der Waals surface area (Å²) in [6.45, 7) is 3.79. The van der Waals surface area contributed by atoms with Crippen LogP contribution in [0.25, 0.3) is 0 Å². The monoisotopic (exact) mass is 250 g/mol. The van der Waals surface area contributed by atoms with Crippen molar-refractivity contribution in [3.05, 3.63) is 41.4 Å². The smallest absolute Gasteiger partial charge is 0.0718 e. The van der Waals surface area contributed by atoms with Crippen LogP contribution in [-0.2, 0) is 13.1 Å². The van der Waals surface area contributed by atoms with E-state index in [2.05, 4.69) is 22.3 Å². The number of rotatable bonds is 5. The highest BCUT2D eigenvalue weighted by atomic mass is 35.5. The van der Waals surface area contributed by atoms with Crippen LogP contribution in [-0.4, -0.2) is 14.8 Å². The van der Waals surface area contributed by atoms with E-state index < -0.39 is 0 Å². The maximum atomic E-state index is 6.02. The van der Waals surface area contributed by atoms with E-state index in [4.69, 9.17) is 11.6 Å². The van der Waals surface area contributed by atoms with Crippen molar-refractivity contribution in [2.24, 2.45) is 0 Å². The van der Waals surface area contributed by atoms with Gasteiger partial charge in [-0.2, -0.15) is 5.10 Å². The molecule has 0 fully saturated rings. The number of nitrogens with zero attached hydrogens (tertiary/aromatic N) is 3. The van der Waals surface area contributed by atoms with Gasteiger partial charge >= 0.3 is 0 Å². The van der Waals surface area contributed by atoms with Gasteiger partial charge in [0.2, 0.25) is 0 Å². The molecule has 0 radical (unpaired) electrons. The number of anilines is 1. The summed E-state index contributed by atoms with van der Waals surface area (Å²) >= 11 is 6.02. The van der Waals surface area contributed by atoms with E-state index in [0.29, 0.717) is 11.6 Å². The van der Waals surface area contributed by atoms with E-state index in [1.165, 1.54) is 0 Å². The van der Waals surface area contributed by atoms with Crippen LogP contribution in [0.4, 0.5) is 5.69 Å². The lowest BCUT2D eigenvalue weighted by atomic mass is 10.3. The second-order valence-electron chi connectivity index (χ2n) is 3.82. The van der Waals surface area contributed by atoms with Gasteiger partial charge in [-0.1, -0.05) is 18.5 Å². The number of aryl methyl sites for hydroxylation is 1. The molecule has 0 spiro atoms. The summed E-state index contributed by atoms with van der Waals surface area (Å²) in [4.78, 5) is 4.02. The molecule has 0 atom stereocenters. The molecule has 4 nitrogen and oxygen atoms in total. The third-order valence-electron chi connectivity index (χ3n) is 2.39. The maximum absolute atomic E-state index is 6.02. The highest BCUT2D eigenvalue weighted by molar-refractivity contribution is 6.33. The summed E-state index contributed by atoms with van der Waals surface area (Å²) in [6, 6.07) is 1.77. The SMILES string of the molecule is CCCn1cc(CNc2cnccc2Cl)cn1. The van der Waals surface area contributed by atoms with E-state index in [-0.39, 0.29) is 0 Å². The zero-order chi connectivity index (χ0) is 12.1. The van der Waals surface area contributed by atoms with Gasteiger partial charge < -0.3 is 5.32 Å². The van der Waals surface area contributed by atoms with Gasteiger partial charge in [-0.3, -0.25) is 9.67 Å². The van der Waals surface area contributed by atoms with Crippen LogP contribution in [0.3, 0.4) is 0 Å². The summed E-state index contributed by atoms with van der Waals surface area (Å²) in [5, 5.41) is 8.19. The minimum atomic E-state index is 0.681. The van der Waals surface area contributed by atoms with Gasteiger partial charge in [0, 0.05) is 31.0 Å². The first-order valence-corrected chi connectivity index (χ1v) is 6.02. The lowest BCUT2D eigenvalue weighted by Crippen LogP contribution is -2.00. The molecule has 0 amide bonds. The average molecular weight is 251 g/mol. The Labute approximate surface area is 106 Å². The quantitative estimate of drug-likeness (QED) is 0.887. The molecular formula is C12H15ClN4. The minimum absolute atomic E-state index is 0.681. The molecule has 2 rings (SSSR count). The Bertz CT molecular complexity index is 481. The van der Waals surface area contributed by atoms with Crippen molar-refractivity contribution in [2.75, 3.05) is 5.32 Å². The van der Waals surface area contributed by atoms with Crippen molar-refractivity contribution in [1.29, 1.82) is 0 Å². The Morgan fingerprint density at radius 3 is 3.06 bits per heavy atom. The van der Waals surface area contributed by atoms with Gasteiger partial charge in [-0.25, -0.2) is 0 Å². The van der Waals surface area contributed by atoms with Crippen LogP contribution in [0.15, 0.2) is 30.9 Å². The van der Waals surface area contributed by atoms with Crippen molar-refractivity contribution in [2.45, 2.75) is 26.4 Å². The number of aromatic nitrogens is 3. The first kappa shape index (κ1) is 11.9. The average Bonchev–Trinajstić information content (AvgIpc) is 2.76. The molecule has 2 aromatic heterocycles. The fourth-order valence-corrected chi connectivity index (χ4v) is 1.73.